The van der Waals surface area contributed by atoms with Gasteiger partial charge in [-0.3, -0.25) is 4.98 Å². The second-order valence-corrected chi connectivity index (χ2v) is 12.8. The van der Waals surface area contributed by atoms with Gasteiger partial charge in [-0.2, -0.15) is 13.2 Å². The van der Waals surface area contributed by atoms with Crippen molar-refractivity contribution in [2.24, 2.45) is 0 Å². The van der Waals surface area contributed by atoms with Crippen molar-refractivity contribution < 1.29 is 21.6 Å². The molecule has 0 amide bonds. The summed E-state index contributed by atoms with van der Waals surface area (Å²) in [4.78, 5) is 12.8. The van der Waals surface area contributed by atoms with Gasteiger partial charge in [0.2, 0.25) is 0 Å². The lowest BCUT2D eigenvalue weighted by Crippen LogP contribution is -2.40. The Balaban J connectivity index is 1.77. The van der Waals surface area contributed by atoms with Crippen molar-refractivity contribution in [2.45, 2.75) is 36.7 Å². The highest BCUT2D eigenvalue weighted by Gasteiger charge is 2.34. The van der Waals surface area contributed by atoms with E-state index in [0.717, 1.165) is 17.4 Å². The highest BCUT2D eigenvalue weighted by atomic mass is 35.5. The Morgan fingerprint density at radius 1 is 0.865 bits per heavy atom. The Hall–Kier alpha value is -2.57. The fourth-order valence-corrected chi connectivity index (χ4v) is 6.28. The van der Waals surface area contributed by atoms with E-state index in [1.807, 2.05) is 0 Å². The van der Waals surface area contributed by atoms with E-state index in [0.29, 0.717) is 16.1 Å². The van der Waals surface area contributed by atoms with Crippen LogP contribution in [-0.4, -0.2) is 28.9 Å². The van der Waals surface area contributed by atoms with Crippen LogP contribution in [0.15, 0.2) is 58.9 Å². The quantitative estimate of drug-likeness (QED) is 0.264. The largest absolute Gasteiger partial charge is 0.433 e. The van der Waals surface area contributed by atoms with Crippen LogP contribution in [0, 0.1) is 0 Å². The van der Waals surface area contributed by atoms with E-state index in [1.54, 1.807) is 26.8 Å². The Kier molecular flexibility index (Phi) is 7.39. The Bertz CT molecular complexity index is 1580. The molecule has 0 bridgehead atoms. The summed E-state index contributed by atoms with van der Waals surface area (Å²) in [6.07, 6.45) is -3.33. The highest BCUT2D eigenvalue weighted by Crippen LogP contribution is 2.35. The number of rotatable bonds is 5. The number of halogens is 5. The fourth-order valence-electron chi connectivity index (χ4n) is 3.28. The summed E-state index contributed by atoms with van der Waals surface area (Å²) in [5, 5.41) is 0.424. The van der Waals surface area contributed by atoms with Crippen molar-refractivity contribution in [1.29, 1.82) is 0 Å². The predicted octanol–water partition coefficient (Wildman–Crippen LogP) is 7.34. The van der Waals surface area contributed by atoms with Gasteiger partial charge in [-0.05, 0) is 63.2 Å². The standard InChI is InChI=1S/C24H19Cl2F3N4O2S2/c1-23(2,3)33-37(34,35)21-7-6-19(36-21)18-11-14(8-9-30-18)22-31-17(12-20(32-22)24(27,28)29)13-4-5-15(25)16(26)10-13/h4-12,33H,1-3H3. The van der Waals surface area contributed by atoms with Gasteiger partial charge in [0.15, 0.2) is 5.82 Å². The third-order valence-corrected chi connectivity index (χ3v) is 8.89. The molecule has 3 heterocycles. The van der Waals surface area contributed by atoms with Crippen LogP contribution in [0.25, 0.3) is 33.2 Å². The Morgan fingerprint density at radius 3 is 2.24 bits per heavy atom. The fraction of sp³-hybridized carbons (Fsp3) is 0.208. The molecule has 37 heavy (non-hydrogen) atoms. The second kappa shape index (κ2) is 9.95. The van der Waals surface area contributed by atoms with E-state index in [2.05, 4.69) is 19.7 Å². The summed E-state index contributed by atoms with van der Waals surface area (Å²) in [5.41, 5.74) is -0.840. The Labute approximate surface area is 225 Å². The lowest BCUT2D eigenvalue weighted by Gasteiger charge is -2.19. The maximum absolute atomic E-state index is 13.7. The molecule has 4 rings (SSSR count). The van der Waals surface area contributed by atoms with Crippen molar-refractivity contribution in [3.05, 3.63) is 70.5 Å². The molecule has 0 atom stereocenters. The van der Waals surface area contributed by atoms with Gasteiger partial charge in [0.1, 0.15) is 9.90 Å². The van der Waals surface area contributed by atoms with Gasteiger partial charge in [-0.1, -0.05) is 29.3 Å². The van der Waals surface area contributed by atoms with Crippen molar-refractivity contribution in [2.75, 3.05) is 0 Å². The maximum atomic E-state index is 13.7. The topological polar surface area (TPSA) is 84.8 Å². The molecule has 3 aromatic heterocycles. The molecule has 0 spiro atoms. The first-order valence-corrected chi connectivity index (χ1v) is 13.7. The average molecular weight is 587 g/mol. The van der Waals surface area contributed by atoms with Crippen LogP contribution in [-0.2, 0) is 16.2 Å². The minimum Gasteiger partial charge on any atom is -0.255 e. The summed E-state index contributed by atoms with van der Waals surface area (Å²) in [6, 6.07) is 11.3. The van der Waals surface area contributed by atoms with Gasteiger partial charge in [0, 0.05) is 22.9 Å². The molecule has 0 radical (unpaired) electrons. The zero-order valence-corrected chi connectivity index (χ0v) is 22.7. The molecular formula is C24H19Cl2F3N4O2S2. The molecule has 0 saturated carbocycles. The number of thiophene rings is 1. The number of hydrogen-bond donors (Lipinski definition) is 1. The minimum absolute atomic E-state index is 0.00649. The molecule has 6 nitrogen and oxygen atoms in total. The number of nitrogens with one attached hydrogen (secondary N) is 1. The van der Waals surface area contributed by atoms with E-state index in [4.69, 9.17) is 23.2 Å². The molecule has 1 N–H and O–H groups in total. The van der Waals surface area contributed by atoms with Crippen LogP contribution >= 0.6 is 34.5 Å². The number of sulfonamides is 1. The molecule has 0 aliphatic rings. The molecule has 0 fully saturated rings. The molecule has 0 saturated heterocycles. The number of aromatic nitrogens is 3. The monoisotopic (exact) mass is 586 g/mol. The number of pyridine rings is 1. The molecule has 0 unspecified atom stereocenters. The normalized spacial score (nSPS) is 12.6. The van der Waals surface area contributed by atoms with E-state index in [9.17, 15) is 21.6 Å². The van der Waals surface area contributed by atoms with E-state index in [1.165, 1.54) is 42.6 Å². The third kappa shape index (κ3) is 6.47. The van der Waals surface area contributed by atoms with Crippen molar-refractivity contribution in [1.82, 2.24) is 19.7 Å². The van der Waals surface area contributed by atoms with Crippen LogP contribution in [0.1, 0.15) is 26.5 Å². The Morgan fingerprint density at radius 2 is 1.59 bits per heavy atom. The van der Waals surface area contributed by atoms with Crippen LogP contribution in [0.3, 0.4) is 0 Å². The molecule has 194 valence electrons. The SMILES string of the molecule is CC(C)(C)NS(=O)(=O)c1ccc(-c2cc(-c3nc(-c4ccc(Cl)c(Cl)c4)cc(C(F)(F)F)n3)ccn2)s1. The molecule has 0 aliphatic carbocycles. The summed E-state index contributed by atoms with van der Waals surface area (Å²) in [7, 11) is -3.76. The number of benzene rings is 1. The van der Waals surface area contributed by atoms with Crippen molar-refractivity contribution in [3.8, 4) is 33.2 Å². The summed E-state index contributed by atoms with van der Waals surface area (Å²) >= 11 is 13.0. The summed E-state index contributed by atoms with van der Waals surface area (Å²) in [6.45, 7) is 5.18. The molecule has 1 aromatic carbocycles. The molecule has 0 aliphatic heterocycles. The highest BCUT2D eigenvalue weighted by molar-refractivity contribution is 7.91. The average Bonchev–Trinajstić information content (AvgIpc) is 3.30. The molecule has 4 aromatic rings. The maximum Gasteiger partial charge on any atom is 0.433 e. The van der Waals surface area contributed by atoms with Crippen molar-refractivity contribution >= 4 is 44.6 Å². The first kappa shape index (κ1) is 27.5. The van der Waals surface area contributed by atoms with Gasteiger partial charge in [0.25, 0.3) is 10.0 Å². The summed E-state index contributed by atoms with van der Waals surface area (Å²) < 4.78 is 69.1. The van der Waals surface area contributed by atoms with Gasteiger partial charge >= 0.3 is 6.18 Å². The molecule has 13 heteroatoms. The number of hydrogen-bond acceptors (Lipinski definition) is 6. The lowest BCUT2D eigenvalue weighted by atomic mass is 10.1. The van der Waals surface area contributed by atoms with E-state index in [-0.39, 0.29) is 31.3 Å². The second-order valence-electron chi connectivity index (χ2n) is 8.99. The first-order valence-electron chi connectivity index (χ1n) is 10.6. The third-order valence-electron chi connectivity index (χ3n) is 4.79. The van der Waals surface area contributed by atoms with Crippen LogP contribution in [0.5, 0.6) is 0 Å². The number of nitrogens with zero attached hydrogens (tertiary/aromatic N) is 3. The lowest BCUT2D eigenvalue weighted by molar-refractivity contribution is -0.141. The predicted molar refractivity (Wildman–Crippen MR) is 139 cm³/mol. The zero-order chi connectivity index (χ0) is 27.2. The van der Waals surface area contributed by atoms with Crippen LogP contribution in [0.4, 0.5) is 13.2 Å². The zero-order valence-electron chi connectivity index (χ0n) is 19.6. The van der Waals surface area contributed by atoms with Crippen molar-refractivity contribution in [3.63, 3.8) is 0 Å². The number of alkyl halides is 3. The molecular weight excluding hydrogens is 568 g/mol. The van der Waals surface area contributed by atoms with E-state index >= 15 is 0 Å². The van der Waals surface area contributed by atoms with Gasteiger partial charge in [-0.15, -0.1) is 11.3 Å². The van der Waals surface area contributed by atoms with Gasteiger partial charge in [-0.25, -0.2) is 23.1 Å². The van der Waals surface area contributed by atoms with Gasteiger partial charge < -0.3 is 0 Å². The summed E-state index contributed by atoms with van der Waals surface area (Å²) in [5.74, 6) is -0.182. The van der Waals surface area contributed by atoms with Gasteiger partial charge in [0.05, 0.1) is 26.3 Å². The smallest absolute Gasteiger partial charge is 0.255 e. The first-order chi connectivity index (χ1) is 17.1. The van der Waals surface area contributed by atoms with Crippen LogP contribution in [0.2, 0.25) is 10.0 Å². The van der Waals surface area contributed by atoms with Crippen LogP contribution < -0.4 is 4.72 Å². The van der Waals surface area contributed by atoms with E-state index < -0.39 is 27.4 Å². The minimum atomic E-state index is -4.73.